The van der Waals surface area contributed by atoms with Crippen LogP contribution in [0.25, 0.3) is 0 Å². The van der Waals surface area contributed by atoms with E-state index in [2.05, 4.69) is 49.6 Å². The Morgan fingerprint density at radius 1 is 0.893 bits per heavy atom. The molecule has 1 aromatic rings. The highest BCUT2D eigenvalue weighted by Crippen LogP contribution is 2.28. The van der Waals surface area contributed by atoms with Crippen molar-refractivity contribution in [2.45, 2.75) is 96.3 Å². The first-order valence-electron chi connectivity index (χ1n) is 12.1. The highest BCUT2D eigenvalue weighted by Gasteiger charge is 2.25. The zero-order chi connectivity index (χ0) is 20.1. The lowest BCUT2D eigenvalue weighted by Gasteiger charge is -2.31. The highest BCUT2D eigenvalue weighted by molar-refractivity contribution is 6.78. The average molecular weight is 404 g/mol. The van der Waals surface area contributed by atoms with Crippen molar-refractivity contribution in [3.8, 4) is 0 Å². The molecule has 0 saturated carbocycles. The number of hydrogen-bond acceptors (Lipinski definition) is 2. The topological polar surface area (TPSA) is 12.5 Å². The number of anilines is 1. The van der Waals surface area contributed by atoms with E-state index in [4.69, 9.17) is 4.74 Å². The third kappa shape index (κ3) is 8.29. The molecule has 1 aliphatic heterocycles. The van der Waals surface area contributed by atoms with Gasteiger partial charge in [-0.2, -0.15) is 0 Å². The summed E-state index contributed by atoms with van der Waals surface area (Å²) < 4.78 is 6.08. The number of aryl methyl sites for hydroxylation is 1. The minimum atomic E-state index is -1.05. The van der Waals surface area contributed by atoms with Gasteiger partial charge in [0.2, 0.25) is 0 Å². The van der Waals surface area contributed by atoms with Crippen LogP contribution in [0.1, 0.15) is 70.8 Å². The van der Waals surface area contributed by atoms with Crippen LogP contribution >= 0.6 is 0 Å². The summed E-state index contributed by atoms with van der Waals surface area (Å²) in [6.07, 6.45) is 12.2. The van der Waals surface area contributed by atoms with Crippen LogP contribution in [0.2, 0.25) is 24.7 Å². The second kappa shape index (κ2) is 13.4. The molecular weight excluding hydrogens is 358 g/mol. The molecule has 0 saturated heterocycles. The van der Waals surface area contributed by atoms with Crippen LogP contribution in [0.4, 0.5) is 5.69 Å². The lowest BCUT2D eigenvalue weighted by molar-refractivity contribution is 0.140. The molecule has 1 aliphatic rings. The van der Waals surface area contributed by atoms with Crippen molar-refractivity contribution in [1.29, 1.82) is 0 Å². The lowest BCUT2D eigenvalue weighted by Crippen LogP contribution is -2.33. The van der Waals surface area contributed by atoms with Crippen molar-refractivity contribution in [2.24, 2.45) is 0 Å². The van der Waals surface area contributed by atoms with Gasteiger partial charge in [0.15, 0.2) is 0 Å². The molecule has 0 N–H and O–H groups in total. The lowest BCUT2D eigenvalue weighted by atomic mass is 10.0. The zero-order valence-electron chi connectivity index (χ0n) is 19.0. The molecule has 2 rings (SSSR count). The van der Waals surface area contributed by atoms with Crippen LogP contribution in [-0.2, 0) is 11.2 Å². The van der Waals surface area contributed by atoms with E-state index in [1.807, 2.05) is 0 Å². The maximum atomic E-state index is 6.08. The Morgan fingerprint density at radius 2 is 1.57 bits per heavy atom. The Hall–Kier alpha value is -0.803. The summed E-state index contributed by atoms with van der Waals surface area (Å²) in [4.78, 5) is 2.52. The van der Waals surface area contributed by atoms with Gasteiger partial charge in [0, 0.05) is 25.4 Å². The normalized spacial score (nSPS) is 14.3. The molecule has 0 aromatic heterocycles. The van der Waals surface area contributed by atoms with Crippen molar-refractivity contribution in [2.75, 3.05) is 31.2 Å². The Kier molecular flexibility index (Phi) is 11.3. The molecule has 0 aliphatic carbocycles. The van der Waals surface area contributed by atoms with E-state index in [9.17, 15) is 0 Å². The molecule has 1 heterocycles. The van der Waals surface area contributed by atoms with Gasteiger partial charge in [-0.15, -0.1) is 0 Å². The number of ether oxygens (including phenoxy) is 1. The zero-order valence-corrected chi connectivity index (χ0v) is 20.0. The summed E-state index contributed by atoms with van der Waals surface area (Å²) >= 11 is 0. The number of fused-ring (bicyclic) bond motifs is 1. The molecule has 0 bridgehead atoms. The van der Waals surface area contributed by atoms with Crippen molar-refractivity contribution < 1.29 is 4.74 Å². The molecule has 0 amide bonds. The van der Waals surface area contributed by atoms with E-state index >= 15 is 0 Å². The summed E-state index contributed by atoms with van der Waals surface area (Å²) in [7, 11) is -1.05. The number of benzene rings is 1. The summed E-state index contributed by atoms with van der Waals surface area (Å²) in [6, 6.07) is 13.4. The van der Waals surface area contributed by atoms with Crippen LogP contribution in [0.3, 0.4) is 0 Å². The summed E-state index contributed by atoms with van der Waals surface area (Å²) in [5.74, 6) is 0. The maximum Gasteiger partial charge on any atom is 0.0641 e. The minimum absolute atomic E-state index is 0.873. The minimum Gasteiger partial charge on any atom is -0.380 e. The van der Waals surface area contributed by atoms with E-state index < -0.39 is 8.07 Å². The number of nitrogens with zero attached hydrogens (tertiary/aromatic N) is 1. The predicted molar refractivity (Wildman–Crippen MR) is 128 cm³/mol. The molecule has 0 unspecified atom stereocenters. The Balaban J connectivity index is 1.65. The van der Waals surface area contributed by atoms with Crippen LogP contribution in [0, 0.1) is 0 Å². The van der Waals surface area contributed by atoms with E-state index in [0.717, 1.165) is 19.8 Å². The van der Waals surface area contributed by atoms with Crippen molar-refractivity contribution in [3.63, 3.8) is 0 Å². The number of rotatable bonds is 15. The fraction of sp³-hybridized carbons (Fsp3) is 0.760. The van der Waals surface area contributed by atoms with E-state index in [1.54, 1.807) is 0 Å². The number of hydrogen-bond donors (Lipinski definition) is 0. The molecule has 28 heavy (non-hydrogen) atoms. The molecule has 0 radical (unpaired) electrons. The largest absolute Gasteiger partial charge is 0.380 e. The molecular formula is C25H45NOSi. The molecule has 3 heteroatoms. The Bertz CT molecular complexity index is 523. The molecule has 1 aromatic carbocycles. The van der Waals surface area contributed by atoms with E-state index in [0.29, 0.717) is 0 Å². The first kappa shape index (κ1) is 23.5. The Morgan fingerprint density at radius 3 is 2.29 bits per heavy atom. The highest BCUT2D eigenvalue weighted by atomic mass is 28.3. The van der Waals surface area contributed by atoms with Gasteiger partial charge in [-0.05, 0) is 30.9 Å². The second-order valence-corrected chi connectivity index (χ2v) is 14.3. The standard InChI is InChI=1S/C25H45NOSi/c1-4-6-10-21-28(3,22-11-7-5-2)23-13-19-27-20-18-26-17-12-15-24-14-8-9-16-25(24)26/h8-9,14,16H,4-7,10-13,15,17-23H2,1-3H3. The third-order valence-electron chi connectivity index (χ3n) is 6.55. The molecule has 0 fully saturated rings. The van der Waals surface area contributed by atoms with Crippen LogP contribution in [-0.4, -0.2) is 34.4 Å². The summed E-state index contributed by atoms with van der Waals surface area (Å²) in [6.45, 7) is 11.4. The SMILES string of the molecule is CCCCC[Si](C)(CCCCC)CCCOCCN1CCCc2ccccc21. The van der Waals surface area contributed by atoms with Crippen molar-refractivity contribution >= 4 is 13.8 Å². The molecule has 160 valence electrons. The summed E-state index contributed by atoms with van der Waals surface area (Å²) in [5.41, 5.74) is 2.94. The predicted octanol–water partition coefficient (Wildman–Crippen LogP) is 7.30. The fourth-order valence-corrected chi connectivity index (χ4v) is 8.66. The number of unbranched alkanes of at least 4 members (excludes halogenated alkanes) is 4. The third-order valence-corrected chi connectivity index (χ3v) is 11.2. The maximum absolute atomic E-state index is 6.08. The van der Waals surface area contributed by atoms with Gasteiger partial charge in [-0.1, -0.05) is 95.3 Å². The first-order chi connectivity index (χ1) is 13.7. The first-order valence-corrected chi connectivity index (χ1v) is 15.2. The molecule has 2 nitrogen and oxygen atoms in total. The van der Waals surface area contributed by atoms with E-state index in [-0.39, 0.29) is 0 Å². The van der Waals surface area contributed by atoms with Crippen LogP contribution < -0.4 is 4.90 Å². The van der Waals surface area contributed by atoms with Gasteiger partial charge in [-0.25, -0.2) is 0 Å². The van der Waals surface area contributed by atoms with E-state index in [1.165, 1.54) is 93.7 Å². The monoisotopic (exact) mass is 403 g/mol. The Labute approximate surface area is 176 Å². The second-order valence-electron chi connectivity index (χ2n) is 9.16. The quantitative estimate of drug-likeness (QED) is 0.225. The van der Waals surface area contributed by atoms with Gasteiger partial charge >= 0.3 is 0 Å². The fourth-order valence-electron chi connectivity index (χ4n) is 4.70. The van der Waals surface area contributed by atoms with Crippen LogP contribution in [0.15, 0.2) is 24.3 Å². The van der Waals surface area contributed by atoms with Crippen LogP contribution in [0.5, 0.6) is 0 Å². The van der Waals surface area contributed by atoms with Crippen molar-refractivity contribution in [3.05, 3.63) is 29.8 Å². The average Bonchev–Trinajstić information content (AvgIpc) is 2.71. The van der Waals surface area contributed by atoms with Gasteiger partial charge in [0.25, 0.3) is 0 Å². The van der Waals surface area contributed by atoms with Gasteiger partial charge in [-0.3, -0.25) is 0 Å². The smallest absolute Gasteiger partial charge is 0.0641 e. The van der Waals surface area contributed by atoms with Gasteiger partial charge in [0.1, 0.15) is 0 Å². The van der Waals surface area contributed by atoms with Crippen molar-refractivity contribution in [1.82, 2.24) is 0 Å². The molecule has 0 atom stereocenters. The summed E-state index contributed by atoms with van der Waals surface area (Å²) in [5, 5.41) is 0. The van der Waals surface area contributed by atoms with Gasteiger partial charge in [0.05, 0.1) is 14.7 Å². The number of para-hydroxylation sites is 1. The molecule has 0 spiro atoms. The van der Waals surface area contributed by atoms with Gasteiger partial charge < -0.3 is 9.64 Å².